The molecule has 0 spiro atoms. The molecule has 172 valence electrons. The van der Waals surface area contributed by atoms with Gasteiger partial charge in [-0.1, -0.05) is 121 Å². The number of carbonyl (C=O) groups is 1. The molecular formula is C32H28N2O. The topological polar surface area (TPSA) is 48.0 Å². The quantitative estimate of drug-likeness (QED) is 0.280. The van der Waals surface area contributed by atoms with Crippen molar-refractivity contribution in [1.82, 2.24) is 4.57 Å². The second kappa shape index (κ2) is 9.86. The normalized spacial score (nSPS) is 11.0. The maximum Gasteiger partial charge on any atom is 0.251 e. The van der Waals surface area contributed by atoms with Gasteiger partial charge in [0.05, 0.1) is 11.3 Å². The number of nitrogens with two attached hydrogens (primary N) is 1. The summed E-state index contributed by atoms with van der Waals surface area (Å²) in [4.78, 5) is 12.8. The molecule has 1 amide bonds. The molecule has 0 aliphatic heterocycles. The van der Waals surface area contributed by atoms with Gasteiger partial charge in [0.1, 0.15) is 0 Å². The van der Waals surface area contributed by atoms with Crippen LogP contribution in [0.5, 0.6) is 0 Å². The summed E-state index contributed by atoms with van der Waals surface area (Å²) in [5.74, 6) is -0.302. The van der Waals surface area contributed by atoms with Crippen molar-refractivity contribution in [2.75, 3.05) is 0 Å². The average molecular weight is 457 g/mol. The number of primary amides is 1. The second-order valence-corrected chi connectivity index (χ2v) is 8.76. The Bertz CT molecular complexity index is 1380. The van der Waals surface area contributed by atoms with Crippen LogP contribution in [0, 0.1) is 6.92 Å². The first kappa shape index (κ1) is 22.4. The van der Waals surface area contributed by atoms with Crippen LogP contribution >= 0.6 is 0 Å². The van der Waals surface area contributed by atoms with Gasteiger partial charge in [-0.25, -0.2) is 0 Å². The summed E-state index contributed by atoms with van der Waals surface area (Å²) < 4.78 is 2.28. The number of hydrogen-bond acceptors (Lipinski definition) is 1. The number of hydrogen-bond donors (Lipinski definition) is 1. The first-order valence-electron chi connectivity index (χ1n) is 11.9. The lowest BCUT2D eigenvalue weighted by molar-refractivity contribution is 0.1000. The van der Waals surface area contributed by atoms with Crippen LogP contribution in [-0.4, -0.2) is 10.5 Å². The maximum absolute atomic E-state index is 12.8. The zero-order chi connectivity index (χ0) is 24.2. The molecule has 5 aromatic rings. The Balaban J connectivity index is 1.78. The fourth-order valence-corrected chi connectivity index (χ4v) is 5.01. The number of nitrogens with zero attached hydrogens (tertiary/aromatic N) is 1. The van der Waals surface area contributed by atoms with Crippen molar-refractivity contribution in [2.24, 2.45) is 5.73 Å². The highest BCUT2D eigenvalue weighted by atomic mass is 16.1. The van der Waals surface area contributed by atoms with E-state index < -0.39 is 5.91 Å². The van der Waals surface area contributed by atoms with Crippen molar-refractivity contribution in [3.63, 3.8) is 0 Å². The van der Waals surface area contributed by atoms with Gasteiger partial charge in [0.15, 0.2) is 0 Å². The van der Waals surface area contributed by atoms with E-state index in [4.69, 9.17) is 5.73 Å². The lowest BCUT2D eigenvalue weighted by Gasteiger charge is -2.22. The van der Waals surface area contributed by atoms with E-state index in [-0.39, 0.29) is 5.92 Å². The molecule has 1 heterocycles. The van der Waals surface area contributed by atoms with Crippen LogP contribution < -0.4 is 5.73 Å². The lowest BCUT2D eigenvalue weighted by Crippen LogP contribution is -2.15. The van der Waals surface area contributed by atoms with E-state index in [0.29, 0.717) is 12.1 Å². The highest BCUT2D eigenvalue weighted by Crippen LogP contribution is 2.41. The predicted octanol–water partition coefficient (Wildman–Crippen LogP) is 7.06. The van der Waals surface area contributed by atoms with Crippen molar-refractivity contribution in [1.29, 1.82) is 0 Å². The van der Waals surface area contributed by atoms with Crippen LogP contribution in [0.2, 0.25) is 0 Å². The standard InChI is InChI=1S/C32H28N2O/c1-23-29(32(33)35)30(26-18-10-4-11-19-26)31(27-20-12-5-13-21-27)34(23)22-28(24-14-6-2-7-15-24)25-16-8-3-9-17-25/h2-21,28H,22H2,1H3,(H2,33,35). The van der Waals surface area contributed by atoms with E-state index in [1.165, 1.54) is 11.1 Å². The summed E-state index contributed by atoms with van der Waals surface area (Å²) in [5, 5.41) is 0. The Labute approximate surface area is 206 Å². The summed E-state index contributed by atoms with van der Waals surface area (Å²) in [7, 11) is 0. The van der Waals surface area contributed by atoms with Crippen molar-refractivity contribution in [2.45, 2.75) is 19.4 Å². The minimum absolute atomic E-state index is 0.107. The molecule has 5 rings (SSSR count). The third-order valence-corrected chi connectivity index (χ3v) is 6.65. The molecule has 0 aliphatic carbocycles. The van der Waals surface area contributed by atoms with Gasteiger partial charge in [0, 0.05) is 23.7 Å². The predicted molar refractivity (Wildman–Crippen MR) is 143 cm³/mol. The van der Waals surface area contributed by atoms with Gasteiger partial charge < -0.3 is 10.3 Å². The smallest absolute Gasteiger partial charge is 0.251 e. The van der Waals surface area contributed by atoms with Gasteiger partial charge in [0.2, 0.25) is 0 Å². The van der Waals surface area contributed by atoms with E-state index >= 15 is 0 Å². The average Bonchev–Trinajstić information content (AvgIpc) is 3.21. The van der Waals surface area contributed by atoms with E-state index in [9.17, 15) is 4.79 Å². The van der Waals surface area contributed by atoms with Crippen LogP contribution in [0.25, 0.3) is 22.4 Å². The van der Waals surface area contributed by atoms with Crippen molar-refractivity contribution in [3.05, 3.63) is 144 Å². The fourth-order valence-electron chi connectivity index (χ4n) is 5.01. The molecule has 1 aromatic heterocycles. The van der Waals surface area contributed by atoms with Gasteiger partial charge in [-0.3, -0.25) is 4.79 Å². The third-order valence-electron chi connectivity index (χ3n) is 6.65. The Morgan fingerprint density at radius 3 is 1.57 bits per heavy atom. The van der Waals surface area contributed by atoms with Gasteiger partial charge in [-0.2, -0.15) is 0 Å². The lowest BCUT2D eigenvalue weighted by atomic mass is 9.91. The van der Waals surface area contributed by atoms with E-state index in [0.717, 1.165) is 28.1 Å². The van der Waals surface area contributed by atoms with Crippen LogP contribution in [-0.2, 0) is 6.54 Å². The molecular weight excluding hydrogens is 428 g/mol. The molecule has 0 atom stereocenters. The van der Waals surface area contributed by atoms with Gasteiger partial charge in [0.25, 0.3) is 5.91 Å². The molecule has 35 heavy (non-hydrogen) atoms. The van der Waals surface area contributed by atoms with Crippen LogP contribution in [0.3, 0.4) is 0 Å². The Kier molecular flexibility index (Phi) is 6.32. The second-order valence-electron chi connectivity index (χ2n) is 8.76. The summed E-state index contributed by atoms with van der Waals surface area (Å²) in [5.41, 5.74) is 13.9. The molecule has 0 aliphatic rings. The van der Waals surface area contributed by atoms with Crippen molar-refractivity contribution in [3.8, 4) is 22.4 Å². The largest absolute Gasteiger partial charge is 0.366 e. The Hall–Kier alpha value is -4.37. The number of rotatable bonds is 7. The molecule has 0 radical (unpaired) electrons. The van der Waals surface area contributed by atoms with Crippen molar-refractivity contribution >= 4 is 5.91 Å². The SMILES string of the molecule is Cc1c(C(N)=O)c(-c2ccccc2)c(-c2ccccc2)n1CC(c1ccccc1)c1ccccc1. The molecule has 4 aromatic carbocycles. The third kappa shape index (κ3) is 4.41. The minimum atomic E-state index is -0.409. The van der Waals surface area contributed by atoms with Gasteiger partial charge in [-0.05, 0) is 29.2 Å². The van der Waals surface area contributed by atoms with E-state index in [1.54, 1.807) is 0 Å². The number of amides is 1. The zero-order valence-electron chi connectivity index (χ0n) is 19.8. The number of carbonyl (C=O) groups excluding carboxylic acids is 1. The Morgan fingerprint density at radius 2 is 1.11 bits per heavy atom. The van der Waals surface area contributed by atoms with Crippen LogP contribution in [0.4, 0.5) is 0 Å². The van der Waals surface area contributed by atoms with E-state index in [2.05, 4.69) is 65.2 Å². The first-order chi connectivity index (χ1) is 17.1. The molecule has 0 bridgehead atoms. The summed E-state index contributed by atoms with van der Waals surface area (Å²) in [6.45, 7) is 2.68. The van der Waals surface area contributed by atoms with Gasteiger partial charge >= 0.3 is 0 Å². The monoisotopic (exact) mass is 456 g/mol. The number of aromatic nitrogens is 1. The molecule has 2 N–H and O–H groups in total. The van der Waals surface area contributed by atoms with Gasteiger partial charge in [-0.15, -0.1) is 0 Å². The maximum atomic E-state index is 12.8. The summed E-state index contributed by atoms with van der Waals surface area (Å²) >= 11 is 0. The summed E-state index contributed by atoms with van der Waals surface area (Å²) in [6.07, 6.45) is 0. The van der Waals surface area contributed by atoms with Crippen molar-refractivity contribution < 1.29 is 4.79 Å². The number of benzene rings is 4. The molecule has 0 unspecified atom stereocenters. The molecule has 0 saturated heterocycles. The molecule has 0 fully saturated rings. The zero-order valence-corrected chi connectivity index (χ0v) is 19.8. The first-order valence-corrected chi connectivity index (χ1v) is 11.9. The van der Waals surface area contributed by atoms with E-state index in [1.807, 2.05) is 67.6 Å². The highest BCUT2D eigenvalue weighted by molar-refractivity contribution is 6.05. The fraction of sp³-hybridized carbons (Fsp3) is 0.0938. The molecule has 3 nitrogen and oxygen atoms in total. The highest BCUT2D eigenvalue weighted by Gasteiger charge is 2.27. The Morgan fingerprint density at radius 1 is 0.686 bits per heavy atom. The molecule has 0 saturated carbocycles. The molecule has 3 heteroatoms. The van der Waals surface area contributed by atoms with Crippen LogP contribution in [0.1, 0.15) is 33.1 Å². The van der Waals surface area contributed by atoms with Crippen LogP contribution in [0.15, 0.2) is 121 Å². The minimum Gasteiger partial charge on any atom is -0.366 e. The summed E-state index contributed by atoms with van der Waals surface area (Å²) in [6, 6.07) is 41.4.